The summed E-state index contributed by atoms with van der Waals surface area (Å²) >= 11 is 0. The molecule has 0 radical (unpaired) electrons. The molecule has 3 aromatic carbocycles. The number of carbonyl (C=O) groups is 1. The van der Waals surface area contributed by atoms with Crippen LogP contribution in [0.3, 0.4) is 0 Å². The number of hydrogen-bond acceptors (Lipinski definition) is 4. The number of amides is 1. The van der Waals surface area contributed by atoms with Gasteiger partial charge in [-0.25, -0.2) is 4.39 Å². The van der Waals surface area contributed by atoms with Gasteiger partial charge in [0.15, 0.2) is 0 Å². The first-order valence-electron chi connectivity index (χ1n) is 10.2. The minimum Gasteiger partial charge on any atom is -0.497 e. The topological polar surface area (TPSA) is 44.8 Å². The predicted octanol–water partition coefficient (Wildman–Crippen LogP) is 3.96. The van der Waals surface area contributed by atoms with Gasteiger partial charge in [-0.2, -0.15) is 0 Å². The smallest absolute Gasteiger partial charge is 0.251 e. The fourth-order valence-electron chi connectivity index (χ4n) is 3.89. The minimum atomic E-state index is -0.338. The van der Waals surface area contributed by atoms with E-state index in [2.05, 4.69) is 45.4 Å². The van der Waals surface area contributed by atoms with E-state index in [4.69, 9.17) is 4.74 Å². The van der Waals surface area contributed by atoms with Gasteiger partial charge in [-0.05, 0) is 53.9 Å². The summed E-state index contributed by atoms with van der Waals surface area (Å²) in [7, 11) is 1.69. The first-order valence-corrected chi connectivity index (χ1v) is 10.2. The van der Waals surface area contributed by atoms with E-state index in [1.54, 1.807) is 7.11 Å². The maximum absolute atomic E-state index is 13.0. The summed E-state index contributed by atoms with van der Waals surface area (Å²) in [5.41, 5.74) is 1.73. The van der Waals surface area contributed by atoms with Crippen LogP contribution in [0.1, 0.15) is 10.4 Å². The highest BCUT2D eigenvalue weighted by atomic mass is 35.5. The zero-order valence-electron chi connectivity index (χ0n) is 17.5. The van der Waals surface area contributed by atoms with Crippen molar-refractivity contribution >= 4 is 34.8 Å². The Balaban J connectivity index is 0.00000272. The van der Waals surface area contributed by atoms with Gasteiger partial charge in [-0.1, -0.05) is 12.1 Å². The van der Waals surface area contributed by atoms with Crippen LogP contribution >= 0.6 is 12.4 Å². The van der Waals surface area contributed by atoms with Crippen LogP contribution < -0.4 is 15.0 Å². The van der Waals surface area contributed by atoms with Gasteiger partial charge in [0.05, 0.1) is 7.11 Å². The number of halogens is 2. The Bertz CT molecular complexity index is 1020. The number of piperazine rings is 1. The van der Waals surface area contributed by atoms with Crippen molar-refractivity contribution in [3.8, 4) is 5.75 Å². The van der Waals surface area contributed by atoms with E-state index >= 15 is 0 Å². The first kappa shape index (κ1) is 22.8. The summed E-state index contributed by atoms with van der Waals surface area (Å²) in [6.45, 7) is 5.14. The van der Waals surface area contributed by atoms with Crippen LogP contribution in [0.25, 0.3) is 10.8 Å². The quantitative estimate of drug-likeness (QED) is 0.626. The van der Waals surface area contributed by atoms with E-state index in [0.29, 0.717) is 12.1 Å². The number of benzene rings is 3. The van der Waals surface area contributed by atoms with Gasteiger partial charge in [0, 0.05) is 55.9 Å². The highest BCUT2D eigenvalue weighted by molar-refractivity contribution is 5.95. The van der Waals surface area contributed by atoms with Gasteiger partial charge in [0.25, 0.3) is 5.91 Å². The third kappa shape index (κ3) is 5.46. The lowest BCUT2D eigenvalue weighted by Crippen LogP contribution is -2.48. The number of anilines is 1. The molecule has 5 nitrogen and oxygen atoms in total. The molecule has 0 atom stereocenters. The van der Waals surface area contributed by atoms with Gasteiger partial charge in [0.1, 0.15) is 11.6 Å². The van der Waals surface area contributed by atoms with E-state index in [9.17, 15) is 9.18 Å². The standard InChI is InChI=1S/C24H26FN3O2.ClH/c1-30-21-9-10-22-19(17-21)3-2-4-23(22)28-15-13-27(14-16-28)12-11-26-24(29)18-5-7-20(25)8-6-18;/h2-10,17H,11-16H2,1H3,(H,26,29);1H. The number of ether oxygens (including phenoxy) is 1. The Kier molecular flexibility index (Phi) is 7.71. The summed E-state index contributed by atoms with van der Waals surface area (Å²) in [5, 5.41) is 5.33. The molecule has 0 aliphatic carbocycles. The summed E-state index contributed by atoms with van der Waals surface area (Å²) in [6.07, 6.45) is 0. The molecule has 7 heteroatoms. The number of carbonyl (C=O) groups excluding carboxylic acids is 1. The molecule has 31 heavy (non-hydrogen) atoms. The first-order chi connectivity index (χ1) is 14.6. The Hall–Kier alpha value is -2.83. The van der Waals surface area contributed by atoms with E-state index in [0.717, 1.165) is 38.5 Å². The van der Waals surface area contributed by atoms with Crippen molar-refractivity contribution in [2.24, 2.45) is 0 Å². The Morgan fingerprint density at radius 2 is 1.77 bits per heavy atom. The molecule has 4 rings (SSSR count). The lowest BCUT2D eigenvalue weighted by molar-refractivity contribution is 0.0947. The molecule has 1 N–H and O–H groups in total. The molecule has 0 bridgehead atoms. The molecule has 0 aromatic heterocycles. The number of rotatable bonds is 6. The molecule has 1 aliphatic heterocycles. The fraction of sp³-hybridized carbons (Fsp3) is 0.292. The molecule has 3 aromatic rings. The lowest BCUT2D eigenvalue weighted by Gasteiger charge is -2.36. The van der Waals surface area contributed by atoms with Crippen molar-refractivity contribution in [2.45, 2.75) is 0 Å². The second-order valence-corrected chi connectivity index (χ2v) is 7.46. The van der Waals surface area contributed by atoms with Gasteiger partial charge in [-0.15, -0.1) is 12.4 Å². The molecule has 164 valence electrons. The summed E-state index contributed by atoms with van der Waals surface area (Å²) in [6, 6.07) is 18.2. The van der Waals surface area contributed by atoms with E-state index in [1.807, 2.05) is 6.07 Å². The van der Waals surface area contributed by atoms with Gasteiger partial charge in [-0.3, -0.25) is 9.69 Å². The number of nitrogens with one attached hydrogen (secondary N) is 1. The second-order valence-electron chi connectivity index (χ2n) is 7.46. The fourth-order valence-corrected chi connectivity index (χ4v) is 3.89. The predicted molar refractivity (Wildman–Crippen MR) is 125 cm³/mol. The van der Waals surface area contributed by atoms with Crippen molar-refractivity contribution < 1.29 is 13.9 Å². The van der Waals surface area contributed by atoms with E-state index in [-0.39, 0.29) is 24.1 Å². The van der Waals surface area contributed by atoms with Crippen LogP contribution in [-0.2, 0) is 0 Å². The average Bonchev–Trinajstić information content (AvgIpc) is 2.79. The van der Waals surface area contributed by atoms with Gasteiger partial charge < -0.3 is 15.0 Å². The third-order valence-electron chi connectivity index (χ3n) is 5.60. The SMILES string of the molecule is COc1ccc2c(N3CCN(CCNC(=O)c4ccc(F)cc4)CC3)cccc2c1.Cl. The maximum Gasteiger partial charge on any atom is 0.251 e. The minimum absolute atomic E-state index is 0. The van der Waals surface area contributed by atoms with E-state index in [1.165, 1.54) is 40.7 Å². The molecule has 1 saturated heterocycles. The number of methoxy groups -OCH3 is 1. The molecule has 1 aliphatic rings. The molecule has 0 spiro atoms. The van der Waals surface area contributed by atoms with Crippen molar-refractivity contribution in [3.05, 3.63) is 72.0 Å². The van der Waals surface area contributed by atoms with Gasteiger partial charge in [0.2, 0.25) is 0 Å². The molecule has 0 saturated carbocycles. The van der Waals surface area contributed by atoms with Gasteiger partial charge >= 0.3 is 0 Å². The van der Waals surface area contributed by atoms with Crippen molar-refractivity contribution in [3.63, 3.8) is 0 Å². The summed E-state index contributed by atoms with van der Waals surface area (Å²) < 4.78 is 18.3. The molecular formula is C24H27ClFN3O2. The van der Waals surface area contributed by atoms with Crippen LogP contribution in [0.2, 0.25) is 0 Å². The van der Waals surface area contributed by atoms with Crippen LogP contribution in [0.4, 0.5) is 10.1 Å². The summed E-state index contributed by atoms with van der Waals surface area (Å²) in [5.74, 6) is 0.363. The Morgan fingerprint density at radius 1 is 1.03 bits per heavy atom. The molecule has 0 unspecified atom stereocenters. The largest absolute Gasteiger partial charge is 0.497 e. The zero-order chi connectivity index (χ0) is 20.9. The Morgan fingerprint density at radius 3 is 2.48 bits per heavy atom. The lowest BCUT2D eigenvalue weighted by atomic mass is 10.1. The van der Waals surface area contributed by atoms with Crippen LogP contribution in [-0.4, -0.2) is 57.2 Å². The van der Waals surface area contributed by atoms with Crippen LogP contribution in [0.15, 0.2) is 60.7 Å². The number of nitrogens with zero attached hydrogens (tertiary/aromatic N) is 2. The highest BCUT2D eigenvalue weighted by Gasteiger charge is 2.18. The molecule has 1 heterocycles. The second kappa shape index (κ2) is 10.5. The Labute approximate surface area is 188 Å². The van der Waals surface area contributed by atoms with Crippen molar-refractivity contribution in [2.75, 3.05) is 51.3 Å². The number of hydrogen-bond donors (Lipinski definition) is 1. The molecule has 1 amide bonds. The zero-order valence-corrected chi connectivity index (χ0v) is 18.3. The third-order valence-corrected chi connectivity index (χ3v) is 5.60. The molecular weight excluding hydrogens is 417 g/mol. The normalized spacial score (nSPS) is 14.2. The monoisotopic (exact) mass is 443 g/mol. The van der Waals surface area contributed by atoms with Crippen molar-refractivity contribution in [1.29, 1.82) is 0 Å². The van der Waals surface area contributed by atoms with Crippen LogP contribution in [0.5, 0.6) is 5.75 Å². The van der Waals surface area contributed by atoms with Crippen LogP contribution in [0, 0.1) is 5.82 Å². The maximum atomic E-state index is 13.0. The van der Waals surface area contributed by atoms with E-state index < -0.39 is 0 Å². The average molecular weight is 444 g/mol. The summed E-state index contributed by atoms with van der Waals surface area (Å²) in [4.78, 5) is 16.9. The molecule has 1 fully saturated rings. The highest BCUT2D eigenvalue weighted by Crippen LogP contribution is 2.30. The number of fused-ring (bicyclic) bond motifs is 1. The van der Waals surface area contributed by atoms with Crippen molar-refractivity contribution in [1.82, 2.24) is 10.2 Å².